The first-order valence-electron chi connectivity index (χ1n) is 16.7. The van der Waals surface area contributed by atoms with Crippen molar-refractivity contribution in [2.24, 2.45) is 11.8 Å². The number of benzene rings is 2. The maximum Gasteiger partial charge on any atom is 0.261 e. The highest BCUT2D eigenvalue weighted by Gasteiger charge is 2.45. The zero-order chi connectivity index (χ0) is 33.4. The minimum absolute atomic E-state index is 0.0495. The van der Waals surface area contributed by atoms with Gasteiger partial charge in [0.2, 0.25) is 11.8 Å². The van der Waals surface area contributed by atoms with Crippen molar-refractivity contribution in [1.29, 1.82) is 0 Å². The average Bonchev–Trinajstić information content (AvgIpc) is 3.69. The Labute approximate surface area is 278 Å². The van der Waals surface area contributed by atoms with Gasteiger partial charge in [-0.1, -0.05) is 37.1 Å². The fraction of sp³-hybridized carbons (Fsp3) is 0.417. The third-order valence-electron chi connectivity index (χ3n) is 10.2. The summed E-state index contributed by atoms with van der Waals surface area (Å²) in [5, 5.41) is 2.74. The Kier molecular flexibility index (Phi) is 8.63. The van der Waals surface area contributed by atoms with E-state index in [2.05, 4.69) is 15.3 Å². The van der Waals surface area contributed by atoms with Crippen LogP contribution in [0.5, 0.6) is 5.75 Å². The monoisotopic (exact) mass is 650 g/mol. The van der Waals surface area contributed by atoms with Crippen molar-refractivity contribution in [3.63, 3.8) is 0 Å². The summed E-state index contributed by atoms with van der Waals surface area (Å²) in [4.78, 5) is 80.4. The second-order valence-corrected chi connectivity index (χ2v) is 12.9. The molecule has 2 aromatic carbocycles. The second-order valence-electron chi connectivity index (χ2n) is 12.9. The number of nitrogens with zero attached hydrogens (tertiary/aromatic N) is 5. The van der Waals surface area contributed by atoms with Gasteiger partial charge in [-0.3, -0.25) is 28.9 Å². The van der Waals surface area contributed by atoms with Gasteiger partial charge in [-0.05, 0) is 43.0 Å². The lowest BCUT2D eigenvalue weighted by atomic mass is 9.77. The maximum absolute atomic E-state index is 14.5. The predicted octanol–water partition coefficient (Wildman–Crippen LogP) is 3.04. The standard InChI is InChI=1S/C36H38N6O6/c1-37-32(43)25-8-2-3-9-26(25)34(45)41-16-13-22-7-6-12-30(48-24-14-15-40(19-24)33(44)23-17-38-21-39-18-23)31(22)29(41)20-42-35(46)27-10-4-5-11-28(27)36(42)47/h4-7,10-12,17-18,21,24-26,29H,2-3,8-9,13-16,19-20H2,1H3,(H,37,43)/t24-,25+,26?,29+/m0/s1. The van der Waals surface area contributed by atoms with Crippen molar-refractivity contribution in [1.82, 2.24) is 30.0 Å². The molecule has 0 bridgehead atoms. The lowest BCUT2D eigenvalue weighted by Gasteiger charge is -2.43. The van der Waals surface area contributed by atoms with Gasteiger partial charge in [0, 0.05) is 56.4 Å². The number of nitrogens with one attached hydrogen (secondary N) is 1. The fourth-order valence-corrected chi connectivity index (χ4v) is 7.79. The van der Waals surface area contributed by atoms with Gasteiger partial charge in [-0.2, -0.15) is 0 Å². The number of imide groups is 1. The molecule has 248 valence electrons. The van der Waals surface area contributed by atoms with Gasteiger partial charge in [-0.25, -0.2) is 9.97 Å². The first-order chi connectivity index (χ1) is 23.4. The fourth-order valence-electron chi connectivity index (χ4n) is 7.79. The van der Waals surface area contributed by atoms with E-state index in [1.54, 1.807) is 41.1 Å². The zero-order valence-corrected chi connectivity index (χ0v) is 26.8. The molecule has 7 rings (SSSR count). The number of fused-ring (bicyclic) bond motifs is 2. The minimum atomic E-state index is -0.687. The molecule has 1 saturated heterocycles. The minimum Gasteiger partial charge on any atom is -0.488 e. The molecule has 5 amide bonds. The summed E-state index contributed by atoms with van der Waals surface area (Å²) in [6, 6.07) is 11.8. The number of aromatic nitrogens is 2. The van der Waals surface area contributed by atoms with Gasteiger partial charge in [0.15, 0.2) is 0 Å². The van der Waals surface area contributed by atoms with E-state index in [4.69, 9.17) is 4.74 Å². The Balaban J connectivity index is 1.21. The molecule has 1 aromatic heterocycles. The van der Waals surface area contributed by atoms with Crippen LogP contribution in [0.3, 0.4) is 0 Å². The summed E-state index contributed by atoms with van der Waals surface area (Å²) in [7, 11) is 1.59. The molecule has 1 saturated carbocycles. The highest BCUT2D eigenvalue weighted by molar-refractivity contribution is 6.21. The number of amides is 5. The van der Waals surface area contributed by atoms with E-state index in [0.29, 0.717) is 67.8 Å². The summed E-state index contributed by atoms with van der Waals surface area (Å²) in [6.07, 6.45) is 8.15. The summed E-state index contributed by atoms with van der Waals surface area (Å²) < 4.78 is 6.63. The van der Waals surface area contributed by atoms with E-state index < -0.39 is 29.7 Å². The van der Waals surface area contributed by atoms with Gasteiger partial charge in [0.25, 0.3) is 17.7 Å². The molecular weight excluding hydrogens is 612 g/mol. The first-order valence-corrected chi connectivity index (χ1v) is 16.7. The maximum atomic E-state index is 14.5. The van der Waals surface area contributed by atoms with E-state index in [1.807, 2.05) is 18.2 Å². The van der Waals surface area contributed by atoms with E-state index in [0.717, 1.165) is 24.0 Å². The summed E-state index contributed by atoms with van der Waals surface area (Å²) >= 11 is 0. The number of hydrogen-bond donors (Lipinski definition) is 1. The highest BCUT2D eigenvalue weighted by atomic mass is 16.5. The van der Waals surface area contributed by atoms with E-state index in [1.165, 1.54) is 23.6 Å². The Hall–Kier alpha value is -5.13. The molecule has 1 N–H and O–H groups in total. The molecule has 3 aliphatic heterocycles. The molecule has 4 heterocycles. The Bertz CT molecular complexity index is 1730. The van der Waals surface area contributed by atoms with Crippen LogP contribution in [0.1, 0.15) is 80.3 Å². The SMILES string of the molecule is CNC(=O)[C@@H]1CCCCC1C(=O)N1CCc2cccc(O[C@H]3CCN(C(=O)c4cncnc4)C3)c2[C@H]1CN1C(=O)c2ccccc2C1=O. The molecule has 4 aliphatic rings. The normalized spacial score (nSPS) is 23.5. The number of ether oxygens (including phenoxy) is 1. The van der Waals surface area contributed by atoms with E-state index >= 15 is 0 Å². The smallest absolute Gasteiger partial charge is 0.261 e. The van der Waals surface area contributed by atoms with Gasteiger partial charge >= 0.3 is 0 Å². The van der Waals surface area contributed by atoms with E-state index in [9.17, 15) is 24.0 Å². The molecule has 0 spiro atoms. The summed E-state index contributed by atoms with van der Waals surface area (Å²) in [5.74, 6) is -1.65. The van der Waals surface area contributed by atoms with Crippen LogP contribution in [-0.4, -0.2) is 93.5 Å². The molecule has 3 aromatic rings. The van der Waals surface area contributed by atoms with Crippen LogP contribution in [0.2, 0.25) is 0 Å². The highest BCUT2D eigenvalue weighted by Crippen LogP contribution is 2.42. The van der Waals surface area contributed by atoms with Crippen molar-refractivity contribution in [3.8, 4) is 5.75 Å². The zero-order valence-electron chi connectivity index (χ0n) is 26.8. The quantitative estimate of drug-likeness (QED) is 0.385. The van der Waals surface area contributed by atoms with Crippen molar-refractivity contribution in [3.05, 3.63) is 89.0 Å². The summed E-state index contributed by atoms with van der Waals surface area (Å²) in [5.41, 5.74) is 2.81. The Morgan fingerprint density at radius 2 is 1.60 bits per heavy atom. The third-order valence-corrected chi connectivity index (χ3v) is 10.2. The predicted molar refractivity (Wildman–Crippen MR) is 173 cm³/mol. The number of hydrogen-bond acceptors (Lipinski definition) is 8. The topological polar surface area (TPSA) is 142 Å². The number of carbonyl (C=O) groups is 5. The molecule has 12 heteroatoms. The van der Waals surface area contributed by atoms with Crippen LogP contribution >= 0.6 is 0 Å². The largest absolute Gasteiger partial charge is 0.488 e. The van der Waals surface area contributed by atoms with Crippen LogP contribution in [0, 0.1) is 11.8 Å². The molecule has 1 aliphatic carbocycles. The van der Waals surface area contributed by atoms with Crippen molar-refractivity contribution < 1.29 is 28.7 Å². The lowest BCUT2D eigenvalue weighted by molar-refractivity contribution is -0.146. The van der Waals surface area contributed by atoms with Crippen molar-refractivity contribution in [2.75, 3.05) is 33.2 Å². The average molecular weight is 651 g/mol. The molecular formula is C36H38N6O6. The second kappa shape index (κ2) is 13.2. The molecule has 4 atom stereocenters. The molecule has 0 radical (unpaired) electrons. The summed E-state index contributed by atoms with van der Waals surface area (Å²) in [6.45, 7) is 1.19. The third kappa shape index (κ3) is 5.69. The number of likely N-dealkylation sites (tertiary alicyclic amines) is 1. The van der Waals surface area contributed by atoms with Gasteiger partial charge in [0.1, 0.15) is 18.2 Å². The van der Waals surface area contributed by atoms with Crippen LogP contribution in [0.15, 0.2) is 61.2 Å². The van der Waals surface area contributed by atoms with Gasteiger partial charge in [0.05, 0.1) is 35.8 Å². The molecule has 2 fully saturated rings. The van der Waals surface area contributed by atoms with Crippen LogP contribution < -0.4 is 10.1 Å². The molecule has 1 unspecified atom stereocenters. The van der Waals surface area contributed by atoms with Crippen LogP contribution in [-0.2, 0) is 16.0 Å². The molecule has 48 heavy (non-hydrogen) atoms. The number of rotatable bonds is 7. The molecule has 12 nitrogen and oxygen atoms in total. The van der Waals surface area contributed by atoms with Crippen LogP contribution in [0.4, 0.5) is 0 Å². The van der Waals surface area contributed by atoms with Gasteiger partial charge in [-0.15, -0.1) is 0 Å². The van der Waals surface area contributed by atoms with Crippen LogP contribution in [0.25, 0.3) is 0 Å². The van der Waals surface area contributed by atoms with Crippen molar-refractivity contribution >= 4 is 29.5 Å². The van der Waals surface area contributed by atoms with Gasteiger partial charge < -0.3 is 19.9 Å². The van der Waals surface area contributed by atoms with E-state index in [-0.39, 0.29) is 30.4 Å². The number of carbonyl (C=O) groups excluding carboxylic acids is 5. The lowest BCUT2D eigenvalue weighted by Crippen LogP contribution is -2.51. The van der Waals surface area contributed by atoms with Crippen molar-refractivity contribution in [2.45, 2.75) is 50.7 Å². The first kappa shape index (κ1) is 31.5. The Morgan fingerprint density at radius 1 is 0.896 bits per heavy atom. The Morgan fingerprint density at radius 3 is 2.31 bits per heavy atom.